The standard InChI is InChI=1S/C15H13FN2O/c1-18-14-8-7-10(19-2)9-13(14)17-15(18)11-5-3-4-6-12(11)16/h3-9H,1-2H3. The third-order valence-corrected chi connectivity index (χ3v) is 3.20. The molecular formula is C15H13FN2O. The van der Waals surface area contributed by atoms with Crippen LogP contribution in [-0.4, -0.2) is 16.7 Å². The van der Waals surface area contributed by atoms with Crippen molar-refractivity contribution in [3.05, 3.63) is 48.3 Å². The second-order valence-corrected chi connectivity index (χ2v) is 4.33. The van der Waals surface area contributed by atoms with E-state index in [0.717, 1.165) is 16.8 Å². The number of benzene rings is 2. The van der Waals surface area contributed by atoms with E-state index in [2.05, 4.69) is 4.98 Å². The van der Waals surface area contributed by atoms with E-state index < -0.39 is 0 Å². The Morgan fingerprint density at radius 3 is 2.68 bits per heavy atom. The predicted molar refractivity (Wildman–Crippen MR) is 72.7 cm³/mol. The summed E-state index contributed by atoms with van der Waals surface area (Å²) in [7, 11) is 3.49. The Kier molecular flexibility index (Phi) is 2.71. The number of methoxy groups -OCH3 is 1. The Bertz CT molecular complexity index is 749. The van der Waals surface area contributed by atoms with Crippen molar-refractivity contribution in [1.29, 1.82) is 0 Å². The first-order chi connectivity index (χ1) is 9.20. The zero-order valence-electron chi connectivity index (χ0n) is 10.7. The van der Waals surface area contributed by atoms with Crippen LogP contribution in [0.25, 0.3) is 22.4 Å². The van der Waals surface area contributed by atoms with Gasteiger partial charge in [-0.2, -0.15) is 0 Å². The number of nitrogens with zero attached hydrogens (tertiary/aromatic N) is 2. The maximum absolute atomic E-state index is 13.9. The fourth-order valence-electron chi connectivity index (χ4n) is 2.19. The molecule has 0 saturated carbocycles. The highest BCUT2D eigenvalue weighted by Crippen LogP contribution is 2.27. The molecule has 1 heterocycles. The fourth-order valence-corrected chi connectivity index (χ4v) is 2.19. The van der Waals surface area contributed by atoms with Gasteiger partial charge in [0.05, 0.1) is 23.7 Å². The van der Waals surface area contributed by atoms with Gasteiger partial charge in [0.1, 0.15) is 17.4 Å². The number of hydrogen-bond acceptors (Lipinski definition) is 2. The number of rotatable bonds is 2. The molecule has 0 atom stereocenters. The molecule has 0 amide bonds. The highest BCUT2D eigenvalue weighted by Gasteiger charge is 2.13. The summed E-state index contributed by atoms with van der Waals surface area (Å²) >= 11 is 0. The number of halogens is 1. The molecule has 19 heavy (non-hydrogen) atoms. The molecule has 0 aliphatic carbocycles. The van der Waals surface area contributed by atoms with Crippen LogP contribution in [-0.2, 0) is 7.05 Å². The van der Waals surface area contributed by atoms with E-state index in [1.807, 2.05) is 29.8 Å². The van der Waals surface area contributed by atoms with Crippen molar-refractivity contribution < 1.29 is 9.13 Å². The van der Waals surface area contributed by atoms with Crippen LogP contribution < -0.4 is 4.74 Å². The summed E-state index contributed by atoms with van der Waals surface area (Å²) in [5.74, 6) is 1.08. The first kappa shape index (κ1) is 11.7. The van der Waals surface area contributed by atoms with Gasteiger partial charge in [-0.1, -0.05) is 12.1 Å². The molecule has 3 aromatic rings. The van der Waals surface area contributed by atoms with Crippen LogP contribution in [0.2, 0.25) is 0 Å². The molecule has 4 heteroatoms. The van der Waals surface area contributed by atoms with Crippen molar-refractivity contribution in [2.75, 3.05) is 7.11 Å². The summed E-state index contributed by atoms with van der Waals surface area (Å²) in [4.78, 5) is 4.49. The number of hydrogen-bond donors (Lipinski definition) is 0. The van der Waals surface area contributed by atoms with Crippen LogP contribution in [0.5, 0.6) is 5.75 Å². The van der Waals surface area contributed by atoms with E-state index in [1.165, 1.54) is 6.07 Å². The van der Waals surface area contributed by atoms with Crippen LogP contribution in [0.1, 0.15) is 0 Å². The van der Waals surface area contributed by atoms with Crippen molar-refractivity contribution in [3.63, 3.8) is 0 Å². The minimum absolute atomic E-state index is 0.270. The third-order valence-electron chi connectivity index (χ3n) is 3.20. The lowest BCUT2D eigenvalue weighted by Gasteiger charge is -2.03. The minimum Gasteiger partial charge on any atom is -0.497 e. The Balaban J connectivity index is 2.25. The molecule has 0 fully saturated rings. The average Bonchev–Trinajstić information content (AvgIpc) is 2.76. The molecule has 0 spiro atoms. The molecule has 96 valence electrons. The maximum Gasteiger partial charge on any atom is 0.143 e. The second-order valence-electron chi connectivity index (χ2n) is 4.33. The molecule has 0 aliphatic heterocycles. The molecule has 3 nitrogen and oxygen atoms in total. The summed E-state index contributed by atoms with van der Waals surface area (Å²) in [5, 5.41) is 0. The largest absolute Gasteiger partial charge is 0.497 e. The van der Waals surface area contributed by atoms with Crippen LogP contribution in [0.4, 0.5) is 4.39 Å². The smallest absolute Gasteiger partial charge is 0.143 e. The number of ether oxygens (including phenoxy) is 1. The molecular weight excluding hydrogens is 243 g/mol. The van der Waals surface area contributed by atoms with Crippen LogP contribution in [0.3, 0.4) is 0 Å². The molecule has 0 N–H and O–H groups in total. The first-order valence-electron chi connectivity index (χ1n) is 5.96. The molecule has 0 aliphatic rings. The number of aryl methyl sites for hydroxylation is 1. The van der Waals surface area contributed by atoms with E-state index in [4.69, 9.17) is 4.74 Å². The molecule has 0 unspecified atom stereocenters. The zero-order valence-corrected chi connectivity index (χ0v) is 10.7. The maximum atomic E-state index is 13.9. The van der Waals surface area contributed by atoms with Crippen LogP contribution >= 0.6 is 0 Å². The molecule has 3 rings (SSSR count). The van der Waals surface area contributed by atoms with Gasteiger partial charge < -0.3 is 9.30 Å². The van der Waals surface area contributed by atoms with E-state index in [9.17, 15) is 4.39 Å². The number of aromatic nitrogens is 2. The highest BCUT2D eigenvalue weighted by molar-refractivity contribution is 5.82. The monoisotopic (exact) mass is 256 g/mol. The Hall–Kier alpha value is -2.36. The van der Waals surface area contributed by atoms with E-state index in [1.54, 1.807) is 25.3 Å². The summed E-state index contributed by atoms with van der Waals surface area (Å²) in [6.07, 6.45) is 0. The van der Waals surface area contributed by atoms with Gasteiger partial charge in [0.25, 0.3) is 0 Å². The van der Waals surface area contributed by atoms with E-state index in [0.29, 0.717) is 11.4 Å². The molecule has 0 saturated heterocycles. The number of fused-ring (bicyclic) bond motifs is 1. The average molecular weight is 256 g/mol. The van der Waals surface area contributed by atoms with Gasteiger partial charge in [0.15, 0.2) is 0 Å². The topological polar surface area (TPSA) is 27.1 Å². The van der Waals surface area contributed by atoms with Gasteiger partial charge in [-0.3, -0.25) is 0 Å². The van der Waals surface area contributed by atoms with Gasteiger partial charge in [0.2, 0.25) is 0 Å². The molecule has 2 aromatic carbocycles. The lowest BCUT2D eigenvalue weighted by atomic mass is 10.2. The van der Waals surface area contributed by atoms with Crippen molar-refractivity contribution in [1.82, 2.24) is 9.55 Å². The van der Waals surface area contributed by atoms with Gasteiger partial charge in [-0.15, -0.1) is 0 Å². The Morgan fingerprint density at radius 2 is 1.95 bits per heavy atom. The second kappa shape index (κ2) is 4.39. The van der Waals surface area contributed by atoms with Gasteiger partial charge >= 0.3 is 0 Å². The Labute approximate surface area is 110 Å². The highest BCUT2D eigenvalue weighted by atomic mass is 19.1. The van der Waals surface area contributed by atoms with Crippen molar-refractivity contribution >= 4 is 11.0 Å². The van der Waals surface area contributed by atoms with Gasteiger partial charge in [-0.05, 0) is 24.3 Å². The van der Waals surface area contributed by atoms with Gasteiger partial charge in [-0.25, -0.2) is 9.37 Å². The zero-order chi connectivity index (χ0) is 13.4. The predicted octanol–water partition coefficient (Wildman–Crippen LogP) is 3.39. The Morgan fingerprint density at radius 1 is 1.16 bits per heavy atom. The summed E-state index contributed by atoms with van der Waals surface area (Å²) in [6.45, 7) is 0. The SMILES string of the molecule is COc1ccc2c(c1)nc(-c1ccccc1F)n2C. The van der Waals surface area contributed by atoms with Crippen molar-refractivity contribution in [2.24, 2.45) is 7.05 Å². The molecule has 0 bridgehead atoms. The molecule has 1 aromatic heterocycles. The van der Waals surface area contributed by atoms with Crippen LogP contribution in [0, 0.1) is 5.82 Å². The third kappa shape index (κ3) is 1.85. The van der Waals surface area contributed by atoms with Crippen molar-refractivity contribution in [3.8, 4) is 17.1 Å². The fraction of sp³-hybridized carbons (Fsp3) is 0.133. The normalized spacial score (nSPS) is 10.9. The summed E-state index contributed by atoms with van der Waals surface area (Å²) in [5.41, 5.74) is 2.24. The van der Waals surface area contributed by atoms with Crippen molar-refractivity contribution in [2.45, 2.75) is 0 Å². The van der Waals surface area contributed by atoms with Crippen LogP contribution in [0.15, 0.2) is 42.5 Å². The molecule has 0 radical (unpaired) electrons. The lowest BCUT2D eigenvalue weighted by Crippen LogP contribution is -1.94. The van der Waals surface area contributed by atoms with E-state index >= 15 is 0 Å². The van der Waals surface area contributed by atoms with Gasteiger partial charge in [0, 0.05) is 13.1 Å². The first-order valence-corrected chi connectivity index (χ1v) is 5.96. The quantitative estimate of drug-likeness (QED) is 0.702. The number of imidazole rings is 1. The lowest BCUT2D eigenvalue weighted by molar-refractivity contribution is 0.415. The van der Waals surface area contributed by atoms with E-state index in [-0.39, 0.29) is 5.82 Å². The minimum atomic E-state index is -0.270. The summed E-state index contributed by atoms with van der Waals surface area (Å²) < 4.78 is 20.9. The summed E-state index contributed by atoms with van der Waals surface area (Å²) in [6, 6.07) is 12.3.